The molecule has 0 bridgehead atoms. The van der Waals surface area contributed by atoms with Crippen LogP contribution in [0.3, 0.4) is 0 Å². The molecule has 1 saturated heterocycles. The van der Waals surface area contributed by atoms with Crippen LogP contribution in [0.2, 0.25) is 0 Å². The van der Waals surface area contributed by atoms with Gasteiger partial charge in [0.2, 0.25) is 0 Å². The van der Waals surface area contributed by atoms with Gasteiger partial charge in [-0.25, -0.2) is 0 Å². The Morgan fingerprint density at radius 1 is 1.29 bits per heavy atom. The highest BCUT2D eigenvalue weighted by molar-refractivity contribution is 8.26. The highest BCUT2D eigenvalue weighted by Gasteiger charge is 2.38. The predicted octanol–water partition coefficient (Wildman–Crippen LogP) is 4.54. The Balaban J connectivity index is 1.63. The second-order valence-electron chi connectivity index (χ2n) is 6.43. The van der Waals surface area contributed by atoms with E-state index in [1.165, 1.54) is 24.6 Å². The van der Waals surface area contributed by atoms with Gasteiger partial charge in [-0.1, -0.05) is 55.0 Å². The first-order valence-electron chi connectivity index (χ1n) is 8.38. The number of para-hydroxylation sites is 1. The van der Waals surface area contributed by atoms with Gasteiger partial charge in [-0.05, 0) is 43.6 Å². The summed E-state index contributed by atoms with van der Waals surface area (Å²) in [4.78, 5) is 15.4. The van der Waals surface area contributed by atoms with Crippen molar-refractivity contribution in [2.45, 2.75) is 44.8 Å². The lowest BCUT2D eigenvalue weighted by Gasteiger charge is -2.23. The van der Waals surface area contributed by atoms with Crippen LogP contribution in [0.4, 0.5) is 0 Å². The van der Waals surface area contributed by atoms with E-state index >= 15 is 0 Å². The van der Waals surface area contributed by atoms with Crippen LogP contribution in [0.1, 0.15) is 38.2 Å². The van der Waals surface area contributed by atoms with Gasteiger partial charge in [-0.2, -0.15) is 0 Å². The highest BCUT2D eigenvalue weighted by Crippen LogP contribution is 2.39. The number of hydrogen-bond donors (Lipinski definition) is 0. The summed E-state index contributed by atoms with van der Waals surface area (Å²) >= 11 is 6.89. The standard InChI is InChI=1S/C19H19NO2S2/c1-12-14(10-13-6-2-5-9-16(13)22-12)11-17-18(21)20(19(23)24-17)15-7-3-4-8-15/h2,5-6,9-12,15H,3-4,7-8H2,1H3/b17-11-/t12-/m1/s1. The number of hydrogen-bond acceptors (Lipinski definition) is 4. The second-order valence-corrected chi connectivity index (χ2v) is 8.11. The van der Waals surface area contributed by atoms with Crippen molar-refractivity contribution in [3.05, 3.63) is 46.4 Å². The number of rotatable bonds is 2. The SMILES string of the molecule is C[C@H]1Oc2ccccc2C=C1/C=C1\SC(=S)N(C2CCCC2)C1=O. The zero-order valence-corrected chi connectivity index (χ0v) is 15.2. The summed E-state index contributed by atoms with van der Waals surface area (Å²) in [5.74, 6) is 0.949. The van der Waals surface area contributed by atoms with Crippen LogP contribution in [0, 0.1) is 0 Å². The molecule has 3 aliphatic rings. The summed E-state index contributed by atoms with van der Waals surface area (Å²) in [7, 11) is 0. The van der Waals surface area contributed by atoms with Gasteiger partial charge in [-0.3, -0.25) is 9.69 Å². The predicted molar refractivity (Wildman–Crippen MR) is 102 cm³/mol. The summed E-state index contributed by atoms with van der Waals surface area (Å²) in [6, 6.07) is 8.25. The van der Waals surface area contributed by atoms with Crippen LogP contribution in [0.25, 0.3) is 6.08 Å². The molecule has 5 heteroatoms. The maximum absolute atomic E-state index is 12.8. The molecule has 0 spiro atoms. The molecule has 2 fully saturated rings. The molecule has 2 heterocycles. The van der Waals surface area contributed by atoms with Crippen LogP contribution in [0.15, 0.2) is 40.8 Å². The van der Waals surface area contributed by atoms with Gasteiger partial charge in [0.15, 0.2) is 0 Å². The van der Waals surface area contributed by atoms with Crippen LogP contribution in [-0.4, -0.2) is 27.3 Å². The summed E-state index contributed by atoms with van der Waals surface area (Å²) in [5, 5.41) is 0. The van der Waals surface area contributed by atoms with Gasteiger partial charge in [0.1, 0.15) is 16.2 Å². The van der Waals surface area contributed by atoms with Gasteiger partial charge < -0.3 is 4.74 Å². The lowest BCUT2D eigenvalue weighted by molar-refractivity contribution is -0.123. The molecule has 2 aliphatic heterocycles. The van der Waals surface area contributed by atoms with E-state index < -0.39 is 0 Å². The van der Waals surface area contributed by atoms with E-state index in [1.54, 1.807) is 0 Å². The van der Waals surface area contributed by atoms with Crippen molar-refractivity contribution >= 4 is 40.3 Å². The number of carbonyl (C=O) groups excluding carboxylic acids is 1. The molecule has 1 saturated carbocycles. The monoisotopic (exact) mass is 357 g/mol. The van der Waals surface area contributed by atoms with E-state index in [0.717, 1.165) is 29.7 Å². The molecule has 0 unspecified atom stereocenters. The second kappa shape index (κ2) is 6.37. The molecular weight excluding hydrogens is 338 g/mol. The quantitative estimate of drug-likeness (QED) is 0.574. The van der Waals surface area contributed by atoms with E-state index in [2.05, 4.69) is 6.08 Å². The zero-order chi connectivity index (χ0) is 16.7. The Kier molecular flexibility index (Phi) is 4.22. The average molecular weight is 358 g/mol. The Morgan fingerprint density at radius 2 is 2.04 bits per heavy atom. The van der Waals surface area contributed by atoms with Gasteiger partial charge in [0.05, 0.1) is 4.91 Å². The van der Waals surface area contributed by atoms with E-state index in [1.807, 2.05) is 42.2 Å². The minimum absolute atomic E-state index is 0.0591. The summed E-state index contributed by atoms with van der Waals surface area (Å²) in [6.07, 6.45) is 8.49. The van der Waals surface area contributed by atoms with Crippen molar-refractivity contribution < 1.29 is 9.53 Å². The molecule has 1 atom stereocenters. The average Bonchev–Trinajstić information content (AvgIpc) is 3.17. The molecule has 1 aromatic carbocycles. The Morgan fingerprint density at radius 3 is 2.83 bits per heavy atom. The molecule has 0 radical (unpaired) electrons. The van der Waals surface area contributed by atoms with E-state index in [9.17, 15) is 4.79 Å². The number of thiocarbonyl (C=S) groups is 1. The number of amides is 1. The molecule has 3 nitrogen and oxygen atoms in total. The number of ether oxygens (including phenoxy) is 1. The Labute approximate surface area is 151 Å². The Hall–Kier alpha value is -1.59. The van der Waals surface area contributed by atoms with E-state index in [4.69, 9.17) is 17.0 Å². The third-order valence-corrected chi connectivity index (χ3v) is 6.16. The van der Waals surface area contributed by atoms with Crippen molar-refractivity contribution in [1.29, 1.82) is 0 Å². The van der Waals surface area contributed by atoms with Gasteiger partial charge >= 0.3 is 0 Å². The third-order valence-electron chi connectivity index (χ3n) is 4.83. The number of fused-ring (bicyclic) bond motifs is 1. The van der Waals surface area contributed by atoms with Crippen molar-refractivity contribution in [2.24, 2.45) is 0 Å². The van der Waals surface area contributed by atoms with Crippen molar-refractivity contribution in [1.82, 2.24) is 4.90 Å². The summed E-state index contributed by atoms with van der Waals surface area (Å²) in [6.45, 7) is 2.01. The number of thioether (sulfide) groups is 1. The van der Waals surface area contributed by atoms with Crippen molar-refractivity contribution in [2.75, 3.05) is 0 Å². The van der Waals surface area contributed by atoms with Crippen molar-refractivity contribution in [3.63, 3.8) is 0 Å². The van der Waals surface area contributed by atoms with Gasteiger partial charge in [0.25, 0.3) is 5.91 Å². The molecule has 1 aliphatic carbocycles. The summed E-state index contributed by atoms with van der Waals surface area (Å²) < 4.78 is 6.66. The number of carbonyl (C=O) groups is 1. The molecule has 4 rings (SSSR count). The van der Waals surface area contributed by atoms with Crippen molar-refractivity contribution in [3.8, 4) is 5.75 Å². The first-order valence-corrected chi connectivity index (χ1v) is 9.60. The maximum atomic E-state index is 12.8. The minimum Gasteiger partial charge on any atom is -0.485 e. The largest absolute Gasteiger partial charge is 0.485 e. The van der Waals surface area contributed by atoms with Crippen LogP contribution >= 0.6 is 24.0 Å². The first-order chi connectivity index (χ1) is 11.6. The van der Waals surface area contributed by atoms with Crippen LogP contribution in [0.5, 0.6) is 5.75 Å². The fourth-order valence-electron chi connectivity index (χ4n) is 3.53. The lowest BCUT2D eigenvalue weighted by atomic mass is 10.0. The third kappa shape index (κ3) is 2.80. The minimum atomic E-state index is -0.0742. The lowest BCUT2D eigenvalue weighted by Crippen LogP contribution is -2.36. The maximum Gasteiger partial charge on any atom is 0.266 e. The molecule has 0 N–H and O–H groups in total. The number of benzene rings is 1. The molecular formula is C19H19NO2S2. The smallest absolute Gasteiger partial charge is 0.266 e. The topological polar surface area (TPSA) is 29.5 Å². The Bertz CT molecular complexity index is 762. The normalized spacial score (nSPS) is 25.9. The molecule has 124 valence electrons. The fraction of sp³-hybridized carbons (Fsp3) is 0.368. The highest BCUT2D eigenvalue weighted by atomic mass is 32.2. The van der Waals surface area contributed by atoms with Crippen LogP contribution < -0.4 is 4.74 Å². The fourth-order valence-corrected chi connectivity index (χ4v) is 4.93. The van der Waals surface area contributed by atoms with Crippen LogP contribution in [-0.2, 0) is 4.79 Å². The van der Waals surface area contributed by atoms with E-state index in [0.29, 0.717) is 9.23 Å². The number of nitrogens with zero attached hydrogens (tertiary/aromatic N) is 1. The molecule has 1 amide bonds. The zero-order valence-electron chi connectivity index (χ0n) is 13.5. The molecule has 1 aromatic rings. The van der Waals surface area contributed by atoms with Gasteiger partial charge in [-0.15, -0.1) is 0 Å². The molecule has 24 heavy (non-hydrogen) atoms. The first kappa shape index (κ1) is 15.9. The van der Waals surface area contributed by atoms with Gasteiger partial charge in [0, 0.05) is 11.6 Å². The molecule has 0 aromatic heterocycles. The summed E-state index contributed by atoms with van der Waals surface area (Å²) in [5.41, 5.74) is 2.06. The van der Waals surface area contributed by atoms with E-state index in [-0.39, 0.29) is 18.1 Å².